The third-order valence-electron chi connectivity index (χ3n) is 2.34. The molecule has 2 atom stereocenters. The molecule has 0 aromatic rings. The quantitative estimate of drug-likeness (QED) is 0.504. The van der Waals surface area contributed by atoms with Gasteiger partial charge in [-0.1, -0.05) is 19.1 Å². The van der Waals surface area contributed by atoms with E-state index in [1.165, 1.54) is 6.08 Å². The Balaban J connectivity index is 4.87. The summed E-state index contributed by atoms with van der Waals surface area (Å²) in [7, 11) is 2.23. The molecular weight excluding hydrogens is 210 g/mol. The molecule has 2 unspecified atom stereocenters. The second kappa shape index (κ2) is 7.78. The van der Waals surface area contributed by atoms with Gasteiger partial charge in [0.1, 0.15) is 5.83 Å². The highest BCUT2D eigenvalue weighted by atomic mass is 31.0. The first kappa shape index (κ1) is 14.5. The monoisotopic (exact) mass is 230 g/mol. The highest BCUT2D eigenvalue weighted by molar-refractivity contribution is 7.09. The van der Waals surface area contributed by atoms with E-state index < -0.39 is 0 Å². The minimum Gasteiger partial charge on any atom is -0.358 e. The Morgan fingerprint density at radius 3 is 2.33 bits per heavy atom. The molecule has 0 rings (SSSR count). The van der Waals surface area contributed by atoms with Crippen LogP contribution in [0.3, 0.4) is 0 Å². The van der Waals surface area contributed by atoms with Crippen LogP contribution in [0, 0.1) is 0 Å². The Hall–Kier alpha value is -0.460. The second-order valence-corrected chi connectivity index (χ2v) is 3.56. The van der Waals surface area contributed by atoms with Crippen molar-refractivity contribution in [3.8, 4) is 0 Å². The maximum absolute atomic E-state index is 13.6. The molecule has 0 amide bonds. The number of hydrogen-bond donors (Lipinski definition) is 0. The molecule has 86 valence electrons. The molecule has 0 bridgehead atoms. The number of halogens is 1. The van der Waals surface area contributed by atoms with Crippen molar-refractivity contribution in [2.24, 2.45) is 0 Å². The summed E-state index contributed by atoms with van der Waals surface area (Å²) in [5.74, 6) is -0.203. The fraction of sp³-hybridized carbons (Fsp3) is 0.500. The summed E-state index contributed by atoms with van der Waals surface area (Å²) in [4.78, 5) is 0. The topological polar surface area (TPSA) is 9.23 Å². The van der Waals surface area contributed by atoms with Crippen molar-refractivity contribution in [2.75, 3.05) is 0 Å². The average Bonchev–Trinajstić information content (AvgIpc) is 2.27. The van der Waals surface area contributed by atoms with E-state index in [2.05, 4.69) is 9.47 Å². The van der Waals surface area contributed by atoms with Crippen LogP contribution in [-0.4, -0.2) is 6.10 Å². The van der Waals surface area contributed by atoms with Gasteiger partial charge in [-0.2, -0.15) is 0 Å². The first-order valence-electron chi connectivity index (χ1n) is 5.12. The molecule has 0 aromatic heterocycles. The molecule has 0 saturated heterocycles. The van der Waals surface area contributed by atoms with Crippen molar-refractivity contribution in [1.29, 1.82) is 0 Å². The van der Waals surface area contributed by atoms with Gasteiger partial charge in [-0.3, -0.25) is 0 Å². The van der Waals surface area contributed by atoms with Crippen molar-refractivity contribution in [1.82, 2.24) is 0 Å². The van der Waals surface area contributed by atoms with E-state index in [1.54, 1.807) is 13.0 Å². The predicted molar refractivity (Wildman–Crippen MR) is 67.3 cm³/mol. The molecule has 15 heavy (non-hydrogen) atoms. The van der Waals surface area contributed by atoms with Gasteiger partial charge in [-0.05, 0) is 44.4 Å². The van der Waals surface area contributed by atoms with Gasteiger partial charge in [0.05, 0.1) is 6.10 Å². The van der Waals surface area contributed by atoms with Crippen LogP contribution in [0.1, 0.15) is 34.1 Å². The molecule has 0 aliphatic carbocycles. The molecule has 0 radical (unpaired) electrons. The van der Waals surface area contributed by atoms with E-state index >= 15 is 0 Å². The van der Waals surface area contributed by atoms with Crippen LogP contribution in [0.2, 0.25) is 0 Å². The lowest BCUT2D eigenvalue weighted by Crippen LogP contribution is -2.08. The highest BCUT2D eigenvalue weighted by Gasteiger charge is 2.09. The first-order chi connectivity index (χ1) is 7.10. The van der Waals surface area contributed by atoms with Gasteiger partial charge in [0, 0.05) is 9.47 Å². The van der Waals surface area contributed by atoms with Crippen LogP contribution in [0.5, 0.6) is 0 Å². The van der Waals surface area contributed by atoms with E-state index in [1.807, 2.05) is 26.8 Å². The smallest absolute Gasteiger partial charge is 0.126 e. The van der Waals surface area contributed by atoms with E-state index in [4.69, 9.17) is 4.52 Å². The minimum absolute atomic E-state index is 0.0598. The molecule has 0 heterocycles. The van der Waals surface area contributed by atoms with Crippen LogP contribution in [0.4, 0.5) is 4.39 Å². The lowest BCUT2D eigenvalue weighted by Gasteiger charge is -2.14. The molecule has 0 aromatic carbocycles. The molecule has 3 heteroatoms. The zero-order valence-corrected chi connectivity index (χ0v) is 11.0. The van der Waals surface area contributed by atoms with Crippen molar-refractivity contribution in [3.05, 3.63) is 35.2 Å². The van der Waals surface area contributed by atoms with Crippen molar-refractivity contribution >= 4 is 9.47 Å². The summed E-state index contributed by atoms with van der Waals surface area (Å²) in [5.41, 5.74) is 1.51. The number of hydrogen-bond acceptors (Lipinski definition) is 1. The molecule has 0 spiro atoms. The Kier molecular flexibility index (Phi) is 7.54. The summed E-state index contributed by atoms with van der Waals surface area (Å²) in [6.45, 7) is 7.46. The Morgan fingerprint density at radius 2 is 2.00 bits per heavy atom. The largest absolute Gasteiger partial charge is 0.358 e. The van der Waals surface area contributed by atoms with E-state index in [0.29, 0.717) is 5.57 Å². The van der Waals surface area contributed by atoms with Crippen LogP contribution in [0.25, 0.3) is 0 Å². The van der Waals surface area contributed by atoms with Gasteiger partial charge < -0.3 is 4.52 Å². The first-order valence-corrected chi connectivity index (χ1v) is 5.60. The fourth-order valence-corrected chi connectivity index (χ4v) is 1.52. The van der Waals surface area contributed by atoms with Crippen molar-refractivity contribution in [3.63, 3.8) is 0 Å². The maximum Gasteiger partial charge on any atom is 0.126 e. The molecular formula is C12H20FOP. The van der Waals surface area contributed by atoms with E-state index in [-0.39, 0.29) is 11.9 Å². The van der Waals surface area contributed by atoms with Gasteiger partial charge in [0.2, 0.25) is 0 Å². The molecule has 0 saturated carbocycles. The summed E-state index contributed by atoms with van der Waals surface area (Å²) in [5, 5.41) is 0. The highest BCUT2D eigenvalue weighted by Crippen LogP contribution is 2.20. The standard InChI is InChI=1S/C12H20FOP/c1-5-9(4)11(13)8-10(6-2)12(7-3)14-15/h5-6,8,12H,7,15H2,1-4H3/b9-5-,10-6+,11-8+. The minimum atomic E-state index is -0.203. The number of allylic oxidation sites excluding steroid dienone is 4. The summed E-state index contributed by atoms with van der Waals surface area (Å²) in [6.07, 6.45) is 5.92. The third kappa shape index (κ3) is 4.72. The van der Waals surface area contributed by atoms with Gasteiger partial charge in [0.25, 0.3) is 0 Å². The van der Waals surface area contributed by atoms with Crippen LogP contribution in [0.15, 0.2) is 35.2 Å². The van der Waals surface area contributed by atoms with Crippen molar-refractivity contribution in [2.45, 2.75) is 40.2 Å². The zero-order valence-electron chi connectivity index (χ0n) is 9.88. The zero-order chi connectivity index (χ0) is 11.8. The Labute approximate surface area is 94.4 Å². The molecule has 0 N–H and O–H groups in total. The van der Waals surface area contributed by atoms with Gasteiger partial charge in [-0.25, -0.2) is 4.39 Å². The van der Waals surface area contributed by atoms with Gasteiger partial charge >= 0.3 is 0 Å². The molecule has 1 nitrogen and oxygen atoms in total. The summed E-state index contributed by atoms with van der Waals surface area (Å²) < 4.78 is 18.7. The second-order valence-electron chi connectivity index (χ2n) is 3.29. The normalized spacial score (nSPS) is 16.8. The predicted octanol–water partition coefficient (Wildman–Crippen LogP) is 4.34. The molecule has 0 fully saturated rings. The van der Waals surface area contributed by atoms with E-state index in [0.717, 1.165) is 12.0 Å². The lowest BCUT2D eigenvalue weighted by molar-refractivity contribution is 0.278. The van der Waals surface area contributed by atoms with E-state index in [9.17, 15) is 4.39 Å². The summed E-state index contributed by atoms with van der Waals surface area (Å²) >= 11 is 0. The third-order valence-corrected chi connectivity index (χ3v) is 2.67. The van der Waals surface area contributed by atoms with Gasteiger partial charge in [-0.15, -0.1) is 0 Å². The maximum atomic E-state index is 13.6. The van der Waals surface area contributed by atoms with Crippen LogP contribution >= 0.6 is 9.47 Å². The molecule has 0 aliphatic rings. The average molecular weight is 230 g/mol. The summed E-state index contributed by atoms with van der Waals surface area (Å²) in [6, 6.07) is 0. The van der Waals surface area contributed by atoms with Crippen molar-refractivity contribution < 1.29 is 8.91 Å². The van der Waals surface area contributed by atoms with Gasteiger partial charge in [0.15, 0.2) is 0 Å². The Morgan fingerprint density at radius 1 is 1.40 bits per heavy atom. The number of rotatable bonds is 5. The Bertz CT molecular complexity index is 275. The lowest BCUT2D eigenvalue weighted by atomic mass is 10.1. The SMILES string of the molecule is C\C=C(C)/C(F)=C\C(=C/C)C(CC)OP. The fourth-order valence-electron chi connectivity index (χ4n) is 1.17. The van der Waals surface area contributed by atoms with Crippen LogP contribution < -0.4 is 0 Å². The molecule has 0 aliphatic heterocycles. The van der Waals surface area contributed by atoms with Crippen LogP contribution in [-0.2, 0) is 4.52 Å².